The summed E-state index contributed by atoms with van der Waals surface area (Å²) in [4.78, 5) is 40.4. The number of benzene rings is 1. The largest absolute Gasteiger partial charge is 0.339 e. The van der Waals surface area contributed by atoms with Gasteiger partial charge in [-0.1, -0.05) is 0 Å². The molecule has 10 heteroatoms. The van der Waals surface area contributed by atoms with Gasteiger partial charge in [0.2, 0.25) is 5.91 Å². The minimum Gasteiger partial charge on any atom is -0.339 e. The highest BCUT2D eigenvalue weighted by molar-refractivity contribution is 7.90. The average Bonchev–Trinajstić information content (AvgIpc) is 2.76. The lowest BCUT2D eigenvalue weighted by Gasteiger charge is -2.57. The second-order valence-electron chi connectivity index (χ2n) is 10.5. The van der Waals surface area contributed by atoms with Crippen molar-refractivity contribution >= 4 is 27.3 Å². The molecule has 4 aliphatic carbocycles. The maximum Gasteiger partial charge on any atom is 0.271 e. The number of non-ortho nitro benzene ring substituents is 1. The predicted molar refractivity (Wildman–Crippen MR) is 119 cm³/mol. The van der Waals surface area contributed by atoms with Gasteiger partial charge in [0.25, 0.3) is 11.6 Å². The number of hydrogen-bond donors (Lipinski definition) is 0. The smallest absolute Gasteiger partial charge is 0.271 e. The second kappa shape index (κ2) is 7.78. The van der Waals surface area contributed by atoms with Crippen molar-refractivity contribution in [3.8, 4) is 0 Å². The summed E-state index contributed by atoms with van der Waals surface area (Å²) < 4.78 is 23.9. The third-order valence-electron chi connectivity index (χ3n) is 8.12. The molecule has 5 fully saturated rings. The fraction of sp³-hybridized carbons (Fsp3) is 0.652. The first kappa shape index (κ1) is 22.3. The maximum absolute atomic E-state index is 13.6. The van der Waals surface area contributed by atoms with E-state index in [9.17, 15) is 28.1 Å². The van der Waals surface area contributed by atoms with Crippen LogP contribution in [0.15, 0.2) is 23.1 Å². The summed E-state index contributed by atoms with van der Waals surface area (Å²) in [6.07, 6.45) is 7.76. The van der Waals surface area contributed by atoms with Gasteiger partial charge in [0.1, 0.15) is 0 Å². The SMILES string of the molecule is CS(=O)(=O)c1cc(C(=O)N2CCN(C(=O)C34CC5CC(CC(C5)C3)C4)CC2)cc([N+](=O)[O-])c1. The molecule has 1 saturated heterocycles. The van der Waals surface area contributed by atoms with E-state index in [-0.39, 0.29) is 21.8 Å². The zero-order chi connectivity index (χ0) is 23.5. The quantitative estimate of drug-likeness (QED) is 0.488. The van der Waals surface area contributed by atoms with Gasteiger partial charge in [-0.15, -0.1) is 0 Å². The van der Waals surface area contributed by atoms with Gasteiger partial charge in [0, 0.05) is 50.1 Å². The summed E-state index contributed by atoms with van der Waals surface area (Å²) in [5.41, 5.74) is -0.673. The van der Waals surface area contributed by atoms with E-state index in [1.807, 2.05) is 4.90 Å². The number of carbonyl (C=O) groups excluding carboxylic acids is 2. The van der Waals surface area contributed by atoms with E-state index >= 15 is 0 Å². The lowest BCUT2D eigenvalue weighted by molar-refractivity contribution is -0.385. The van der Waals surface area contributed by atoms with E-state index in [4.69, 9.17) is 0 Å². The normalized spacial score (nSPS) is 31.0. The van der Waals surface area contributed by atoms with Gasteiger partial charge in [-0.2, -0.15) is 0 Å². The van der Waals surface area contributed by atoms with Crippen LogP contribution in [0.25, 0.3) is 0 Å². The molecule has 6 rings (SSSR count). The predicted octanol–water partition coefficient (Wildman–Crippen LogP) is 2.50. The molecule has 33 heavy (non-hydrogen) atoms. The van der Waals surface area contributed by atoms with Gasteiger partial charge in [0.15, 0.2) is 9.84 Å². The molecule has 4 saturated carbocycles. The van der Waals surface area contributed by atoms with E-state index in [0.29, 0.717) is 43.9 Å². The maximum atomic E-state index is 13.6. The Hall–Kier alpha value is -2.49. The van der Waals surface area contributed by atoms with Gasteiger partial charge in [-0.3, -0.25) is 19.7 Å². The number of nitro groups is 1. The molecule has 9 nitrogen and oxygen atoms in total. The summed E-state index contributed by atoms with van der Waals surface area (Å²) >= 11 is 0. The number of sulfone groups is 1. The van der Waals surface area contributed by atoms with Crippen LogP contribution in [-0.4, -0.2) is 67.4 Å². The summed E-state index contributed by atoms with van der Waals surface area (Å²) in [6.45, 7) is 1.52. The van der Waals surface area contributed by atoms with E-state index < -0.39 is 26.4 Å². The molecule has 1 aromatic carbocycles. The van der Waals surface area contributed by atoms with Crippen LogP contribution in [0, 0.1) is 33.3 Å². The zero-order valence-corrected chi connectivity index (χ0v) is 19.6. The Kier molecular flexibility index (Phi) is 5.26. The van der Waals surface area contributed by atoms with E-state index in [1.54, 1.807) is 4.90 Å². The highest BCUT2D eigenvalue weighted by Gasteiger charge is 2.55. The van der Waals surface area contributed by atoms with Crippen molar-refractivity contribution in [1.82, 2.24) is 9.80 Å². The molecule has 2 amide bonds. The topological polar surface area (TPSA) is 118 Å². The van der Waals surface area contributed by atoms with Crippen LogP contribution in [0.3, 0.4) is 0 Å². The summed E-state index contributed by atoms with van der Waals surface area (Å²) in [5.74, 6) is 1.83. The average molecular weight is 476 g/mol. The van der Waals surface area contributed by atoms with E-state index in [1.165, 1.54) is 25.3 Å². The Morgan fingerprint density at radius 1 is 0.939 bits per heavy atom. The minimum atomic E-state index is -3.72. The molecule has 0 atom stereocenters. The van der Waals surface area contributed by atoms with Gasteiger partial charge < -0.3 is 9.80 Å². The van der Waals surface area contributed by atoms with Gasteiger partial charge in [-0.25, -0.2) is 8.42 Å². The monoisotopic (exact) mass is 475 g/mol. The molecular weight excluding hydrogens is 446 g/mol. The standard InChI is InChI=1S/C23H29N3O6S/c1-33(31,32)20-10-18(9-19(11-20)26(29)30)21(27)24-2-4-25(5-3-24)22(28)23-12-15-6-16(13-23)8-17(7-15)14-23/h9-11,15-17H,2-8,12-14H2,1H3. The number of amides is 2. The van der Waals surface area contributed by atoms with Gasteiger partial charge >= 0.3 is 0 Å². The van der Waals surface area contributed by atoms with Crippen LogP contribution < -0.4 is 0 Å². The van der Waals surface area contributed by atoms with Crippen molar-refractivity contribution in [1.29, 1.82) is 0 Å². The van der Waals surface area contributed by atoms with Crippen LogP contribution in [0.5, 0.6) is 0 Å². The number of nitrogens with zero attached hydrogens (tertiary/aromatic N) is 3. The molecule has 0 spiro atoms. The summed E-state index contributed by atoms with van der Waals surface area (Å²) in [7, 11) is -3.72. The Labute approximate surface area is 193 Å². The number of piperazine rings is 1. The number of hydrogen-bond acceptors (Lipinski definition) is 6. The highest BCUT2D eigenvalue weighted by Crippen LogP contribution is 2.60. The molecule has 0 radical (unpaired) electrons. The summed E-state index contributed by atoms with van der Waals surface area (Å²) in [5, 5.41) is 11.3. The lowest BCUT2D eigenvalue weighted by atomic mass is 9.49. The molecule has 1 heterocycles. The second-order valence-corrected chi connectivity index (χ2v) is 12.5. The van der Waals surface area contributed by atoms with Crippen molar-refractivity contribution in [3.63, 3.8) is 0 Å². The van der Waals surface area contributed by atoms with Crippen molar-refractivity contribution in [2.45, 2.75) is 43.4 Å². The van der Waals surface area contributed by atoms with E-state index in [0.717, 1.165) is 37.7 Å². The Balaban J connectivity index is 1.29. The molecule has 4 bridgehead atoms. The molecular formula is C23H29N3O6S. The van der Waals surface area contributed by atoms with Crippen LogP contribution >= 0.6 is 0 Å². The van der Waals surface area contributed by atoms with Gasteiger partial charge in [0.05, 0.1) is 15.2 Å². The molecule has 1 aliphatic heterocycles. The van der Waals surface area contributed by atoms with Crippen molar-refractivity contribution in [2.75, 3.05) is 32.4 Å². The lowest BCUT2D eigenvalue weighted by Crippen LogP contribution is -2.58. The Morgan fingerprint density at radius 3 is 1.94 bits per heavy atom. The summed E-state index contributed by atoms with van der Waals surface area (Å²) in [6, 6.07) is 3.27. The molecule has 0 N–H and O–H groups in total. The number of nitro benzene ring substituents is 1. The number of carbonyl (C=O) groups is 2. The van der Waals surface area contributed by atoms with Crippen LogP contribution in [0.1, 0.15) is 48.9 Å². The molecule has 0 unspecified atom stereocenters. The van der Waals surface area contributed by atoms with Crippen LogP contribution in [-0.2, 0) is 14.6 Å². The first-order valence-corrected chi connectivity index (χ1v) is 13.5. The first-order chi connectivity index (χ1) is 15.5. The fourth-order valence-corrected chi connectivity index (χ4v) is 7.71. The zero-order valence-electron chi connectivity index (χ0n) is 18.7. The fourth-order valence-electron chi connectivity index (χ4n) is 7.03. The Bertz CT molecular complexity index is 1090. The third-order valence-corrected chi connectivity index (χ3v) is 9.22. The molecule has 5 aliphatic rings. The van der Waals surface area contributed by atoms with Crippen molar-refractivity contribution in [2.24, 2.45) is 23.2 Å². The first-order valence-electron chi connectivity index (χ1n) is 11.6. The van der Waals surface area contributed by atoms with E-state index in [2.05, 4.69) is 0 Å². The number of rotatable bonds is 4. The third kappa shape index (κ3) is 4.02. The van der Waals surface area contributed by atoms with Gasteiger partial charge in [-0.05, 0) is 62.3 Å². The van der Waals surface area contributed by atoms with Crippen molar-refractivity contribution < 1.29 is 22.9 Å². The minimum absolute atomic E-state index is 0.0227. The highest BCUT2D eigenvalue weighted by atomic mass is 32.2. The van der Waals surface area contributed by atoms with Crippen molar-refractivity contribution in [3.05, 3.63) is 33.9 Å². The molecule has 1 aromatic rings. The Morgan fingerprint density at radius 2 is 1.45 bits per heavy atom. The molecule has 178 valence electrons. The molecule has 0 aromatic heterocycles. The van der Waals surface area contributed by atoms with Crippen LogP contribution in [0.4, 0.5) is 5.69 Å². The van der Waals surface area contributed by atoms with Crippen LogP contribution in [0.2, 0.25) is 0 Å².